The van der Waals surface area contributed by atoms with E-state index in [-0.39, 0.29) is 0 Å². The Hall–Kier alpha value is -2.01. The normalized spacial score (nSPS) is 10.9. The van der Waals surface area contributed by atoms with Gasteiger partial charge in [0.15, 0.2) is 11.5 Å². The lowest BCUT2D eigenvalue weighted by Crippen LogP contribution is -1.96. The molecule has 0 atom stereocenters. The van der Waals surface area contributed by atoms with E-state index in [0.717, 1.165) is 5.56 Å². The summed E-state index contributed by atoms with van der Waals surface area (Å²) in [6.07, 6.45) is 3.41. The van der Waals surface area contributed by atoms with E-state index < -0.39 is 0 Å². The van der Waals surface area contributed by atoms with Gasteiger partial charge in [-0.1, -0.05) is 11.6 Å². The predicted octanol–water partition coefficient (Wildman–Crippen LogP) is 2.15. The first-order valence-electron chi connectivity index (χ1n) is 5.04. The Morgan fingerprint density at radius 3 is 2.71 bits per heavy atom. The molecule has 84 valence electrons. The summed E-state index contributed by atoms with van der Waals surface area (Å²) in [5, 5.41) is 4.80. The topological polar surface area (TPSA) is 56.0 Å². The molecule has 3 aromatic heterocycles. The summed E-state index contributed by atoms with van der Waals surface area (Å²) in [5.74, 6) is 1.35. The Labute approximate surface area is 102 Å². The van der Waals surface area contributed by atoms with E-state index in [1.54, 1.807) is 23.0 Å². The third-order valence-corrected chi connectivity index (χ3v) is 2.59. The maximum absolute atomic E-state index is 5.88. The number of hydrogen-bond donors (Lipinski definition) is 0. The summed E-state index contributed by atoms with van der Waals surface area (Å²) < 4.78 is 1.67. The zero-order valence-electron chi connectivity index (χ0n) is 9.00. The molecular formula is C11H8ClN5. The van der Waals surface area contributed by atoms with Crippen LogP contribution in [0.5, 0.6) is 0 Å². The average molecular weight is 246 g/mol. The first kappa shape index (κ1) is 10.2. The lowest BCUT2D eigenvalue weighted by atomic mass is 10.3. The minimum absolute atomic E-state index is 0.420. The summed E-state index contributed by atoms with van der Waals surface area (Å²) in [6.45, 7) is 1.84. The van der Waals surface area contributed by atoms with Gasteiger partial charge < -0.3 is 0 Å². The smallest absolute Gasteiger partial charge is 0.182 e. The molecular weight excluding hydrogens is 238 g/mol. The van der Waals surface area contributed by atoms with Crippen LogP contribution in [0.15, 0.2) is 30.6 Å². The van der Waals surface area contributed by atoms with Crippen molar-refractivity contribution in [3.8, 4) is 11.4 Å². The average Bonchev–Trinajstić information content (AvgIpc) is 2.74. The first-order chi connectivity index (χ1) is 8.24. The quantitative estimate of drug-likeness (QED) is 0.617. The molecule has 0 radical (unpaired) electrons. The molecule has 0 aliphatic carbocycles. The highest BCUT2D eigenvalue weighted by Gasteiger charge is 2.09. The Balaban J connectivity index is 2.24. The van der Waals surface area contributed by atoms with Gasteiger partial charge in [-0.25, -0.2) is 9.97 Å². The SMILES string of the molecule is Cc1nc(Cl)cc2nc(-c3ccncc3)nn12. The van der Waals surface area contributed by atoms with Crippen LogP contribution in [0.1, 0.15) is 5.82 Å². The number of nitrogens with zero attached hydrogens (tertiary/aromatic N) is 5. The van der Waals surface area contributed by atoms with Crippen LogP contribution >= 0.6 is 11.6 Å². The summed E-state index contributed by atoms with van der Waals surface area (Å²) in [7, 11) is 0. The maximum Gasteiger partial charge on any atom is 0.182 e. The van der Waals surface area contributed by atoms with E-state index in [1.807, 2.05) is 19.1 Å². The molecule has 0 amide bonds. The van der Waals surface area contributed by atoms with Crippen molar-refractivity contribution in [2.75, 3.05) is 0 Å². The van der Waals surface area contributed by atoms with Crippen molar-refractivity contribution in [2.24, 2.45) is 0 Å². The standard InChI is InChI=1S/C11H8ClN5/c1-7-14-9(12)6-10-15-11(16-17(7)10)8-2-4-13-5-3-8/h2-6H,1H3. The van der Waals surface area contributed by atoms with E-state index in [4.69, 9.17) is 11.6 Å². The molecule has 6 heteroatoms. The van der Waals surface area contributed by atoms with Gasteiger partial charge >= 0.3 is 0 Å². The molecule has 0 bridgehead atoms. The number of pyridine rings is 1. The molecule has 3 rings (SSSR count). The van der Waals surface area contributed by atoms with Crippen molar-refractivity contribution in [3.63, 3.8) is 0 Å². The molecule has 0 N–H and O–H groups in total. The molecule has 3 aromatic rings. The maximum atomic E-state index is 5.88. The van der Waals surface area contributed by atoms with Crippen molar-refractivity contribution in [3.05, 3.63) is 41.6 Å². The number of rotatable bonds is 1. The number of halogens is 1. The molecule has 0 aromatic carbocycles. The van der Waals surface area contributed by atoms with E-state index in [2.05, 4.69) is 20.1 Å². The van der Waals surface area contributed by atoms with Gasteiger partial charge in [0.25, 0.3) is 0 Å². The molecule has 0 saturated heterocycles. The molecule has 0 spiro atoms. The van der Waals surface area contributed by atoms with E-state index in [1.165, 1.54) is 0 Å². The number of aromatic nitrogens is 5. The van der Waals surface area contributed by atoms with Gasteiger partial charge in [0, 0.05) is 24.0 Å². The van der Waals surface area contributed by atoms with Crippen molar-refractivity contribution in [1.29, 1.82) is 0 Å². The van der Waals surface area contributed by atoms with Gasteiger partial charge in [0.05, 0.1) is 0 Å². The van der Waals surface area contributed by atoms with Gasteiger partial charge in [-0.15, -0.1) is 5.10 Å². The zero-order chi connectivity index (χ0) is 11.8. The molecule has 17 heavy (non-hydrogen) atoms. The number of hydrogen-bond acceptors (Lipinski definition) is 4. The number of fused-ring (bicyclic) bond motifs is 1. The van der Waals surface area contributed by atoms with Crippen LogP contribution in [0.25, 0.3) is 17.0 Å². The summed E-state index contributed by atoms with van der Waals surface area (Å²) in [6, 6.07) is 5.41. The fourth-order valence-electron chi connectivity index (χ4n) is 1.62. The van der Waals surface area contributed by atoms with Gasteiger partial charge in [-0.2, -0.15) is 4.52 Å². The van der Waals surface area contributed by atoms with E-state index in [0.29, 0.717) is 22.4 Å². The minimum Gasteiger partial charge on any atom is -0.265 e. The van der Waals surface area contributed by atoms with Crippen LogP contribution in [-0.2, 0) is 0 Å². The molecule has 3 heterocycles. The Bertz CT molecular complexity index is 677. The van der Waals surface area contributed by atoms with Crippen molar-refractivity contribution >= 4 is 17.2 Å². The second-order valence-corrected chi connectivity index (χ2v) is 3.95. The predicted molar refractivity (Wildman–Crippen MR) is 63.8 cm³/mol. The van der Waals surface area contributed by atoms with Crippen LogP contribution in [0.4, 0.5) is 0 Å². The third-order valence-electron chi connectivity index (χ3n) is 2.39. The third kappa shape index (κ3) is 1.74. The molecule has 0 saturated carbocycles. The second kappa shape index (κ2) is 3.78. The summed E-state index contributed by atoms with van der Waals surface area (Å²) >= 11 is 5.88. The largest absolute Gasteiger partial charge is 0.265 e. The van der Waals surface area contributed by atoms with Crippen LogP contribution in [0.2, 0.25) is 5.15 Å². The molecule has 0 aliphatic rings. The Morgan fingerprint density at radius 2 is 1.94 bits per heavy atom. The van der Waals surface area contributed by atoms with Crippen LogP contribution in [0, 0.1) is 6.92 Å². The highest BCUT2D eigenvalue weighted by atomic mass is 35.5. The lowest BCUT2D eigenvalue weighted by molar-refractivity contribution is 0.866. The Kier molecular flexibility index (Phi) is 2.26. The molecule has 5 nitrogen and oxygen atoms in total. The zero-order valence-corrected chi connectivity index (χ0v) is 9.76. The minimum atomic E-state index is 0.420. The lowest BCUT2D eigenvalue weighted by Gasteiger charge is -1.96. The first-order valence-corrected chi connectivity index (χ1v) is 5.42. The Morgan fingerprint density at radius 1 is 1.18 bits per heavy atom. The van der Waals surface area contributed by atoms with E-state index in [9.17, 15) is 0 Å². The monoisotopic (exact) mass is 245 g/mol. The highest BCUT2D eigenvalue weighted by Crippen LogP contribution is 2.17. The van der Waals surface area contributed by atoms with E-state index >= 15 is 0 Å². The summed E-state index contributed by atoms with van der Waals surface area (Å²) in [5.41, 5.74) is 1.61. The molecule has 0 unspecified atom stereocenters. The van der Waals surface area contributed by atoms with Gasteiger partial charge in [0.1, 0.15) is 11.0 Å². The van der Waals surface area contributed by atoms with Crippen molar-refractivity contribution in [1.82, 2.24) is 24.6 Å². The number of aryl methyl sites for hydroxylation is 1. The van der Waals surface area contributed by atoms with Gasteiger partial charge in [-0.3, -0.25) is 4.98 Å². The van der Waals surface area contributed by atoms with Crippen LogP contribution < -0.4 is 0 Å². The van der Waals surface area contributed by atoms with Crippen molar-refractivity contribution < 1.29 is 0 Å². The van der Waals surface area contributed by atoms with Crippen molar-refractivity contribution in [2.45, 2.75) is 6.92 Å². The fraction of sp³-hybridized carbons (Fsp3) is 0.0909. The fourth-order valence-corrected chi connectivity index (χ4v) is 1.84. The van der Waals surface area contributed by atoms with Crippen LogP contribution in [0.3, 0.4) is 0 Å². The van der Waals surface area contributed by atoms with Crippen LogP contribution in [-0.4, -0.2) is 24.6 Å². The summed E-state index contributed by atoms with van der Waals surface area (Å²) in [4.78, 5) is 12.5. The molecule has 0 aliphatic heterocycles. The van der Waals surface area contributed by atoms with Gasteiger partial charge in [-0.05, 0) is 19.1 Å². The van der Waals surface area contributed by atoms with Gasteiger partial charge in [0.2, 0.25) is 0 Å². The highest BCUT2D eigenvalue weighted by molar-refractivity contribution is 6.29. The molecule has 0 fully saturated rings. The second-order valence-electron chi connectivity index (χ2n) is 3.57.